The van der Waals surface area contributed by atoms with Gasteiger partial charge in [-0.15, -0.1) is 0 Å². The molecule has 0 aliphatic carbocycles. The predicted molar refractivity (Wildman–Crippen MR) is 62.1 cm³/mol. The second-order valence-electron chi connectivity index (χ2n) is 5.21. The molecule has 1 fully saturated rings. The van der Waals surface area contributed by atoms with Crippen molar-refractivity contribution in [1.29, 1.82) is 0 Å². The highest BCUT2D eigenvalue weighted by Crippen LogP contribution is 2.19. The Balaban J connectivity index is 2.28. The molecule has 2 N–H and O–H groups in total. The number of amides is 1. The summed E-state index contributed by atoms with van der Waals surface area (Å²) in [5.41, 5.74) is -0.0565. The molecule has 1 unspecified atom stereocenters. The number of carbonyl (C=O) groups excluding carboxylic acids is 1. The fourth-order valence-electron chi connectivity index (χ4n) is 1.78. The summed E-state index contributed by atoms with van der Waals surface area (Å²) in [6.07, 6.45) is 3.38. The van der Waals surface area contributed by atoms with Crippen molar-refractivity contribution in [1.82, 2.24) is 5.32 Å². The minimum Gasteiger partial charge on any atom is -0.396 e. The van der Waals surface area contributed by atoms with Crippen LogP contribution in [0.5, 0.6) is 0 Å². The Labute approximate surface area is 97.4 Å². The van der Waals surface area contributed by atoms with Crippen LogP contribution in [0.1, 0.15) is 39.5 Å². The Morgan fingerprint density at radius 1 is 1.50 bits per heavy atom. The average Bonchev–Trinajstić information content (AvgIpc) is 2.27. The van der Waals surface area contributed by atoms with Crippen LogP contribution in [-0.4, -0.2) is 36.9 Å². The maximum atomic E-state index is 11.8. The number of aliphatic hydroxyl groups excluding tert-OH is 1. The molecule has 94 valence electrons. The van der Waals surface area contributed by atoms with E-state index in [0.29, 0.717) is 19.6 Å². The van der Waals surface area contributed by atoms with Gasteiger partial charge in [0.05, 0.1) is 0 Å². The molecule has 1 aliphatic rings. The van der Waals surface area contributed by atoms with E-state index < -0.39 is 0 Å². The standard InChI is InChI=1S/C12H23NO3/c1-12(2,6-7-14)9-13-11(15)10-5-3-4-8-16-10/h10,14H,3-9H2,1-2H3,(H,13,15). The largest absolute Gasteiger partial charge is 0.396 e. The van der Waals surface area contributed by atoms with Gasteiger partial charge in [-0.25, -0.2) is 0 Å². The van der Waals surface area contributed by atoms with Crippen molar-refractivity contribution in [3.63, 3.8) is 0 Å². The molecule has 16 heavy (non-hydrogen) atoms. The van der Waals surface area contributed by atoms with E-state index in [9.17, 15) is 4.79 Å². The van der Waals surface area contributed by atoms with E-state index in [4.69, 9.17) is 9.84 Å². The minimum atomic E-state index is -0.265. The zero-order valence-corrected chi connectivity index (χ0v) is 10.3. The maximum Gasteiger partial charge on any atom is 0.249 e. The molecule has 0 bridgehead atoms. The first-order valence-corrected chi connectivity index (χ1v) is 6.05. The summed E-state index contributed by atoms with van der Waals surface area (Å²) in [5.74, 6) is -0.00860. The molecular formula is C12H23NO3. The van der Waals surface area contributed by atoms with Crippen molar-refractivity contribution >= 4 is 5.91 Å². The number of nitrogens with one attached hydrogen (secondary N) is 1. The van der Waals surface area contributed by atoms with Crippen LogP contribution < -0.4 is 5.32 Å². The molecule has 1 aliphatic heterocycles. The highest BCUT2D eigenvalue weighted by atomic mass is 16.5. The van der Waals surface area contributed by atoms with Crippen LogP contribution in [0.3, 0.4) is 0 Å². The summed E-state index contributed by atoms with van der Waals surface area (Å²) in [5, 5.41) is 11.8. The van der Waals surface area contributed by atoms with Gasteiger partial charge in [-0.1, -0.05) is 13.8 Å². The summed E-state index contributed by atoms with van der Waals surface area (Å²) < 4.78 is 5.40. The molecule has 1 saturated heterocycles. The van der Waals surface area contributed by atoms with Crippen molar-refractivity contribution in [2.24, 2.45) is 5.41 Å². The second kappa shape index (κ2) is 6.21. The van der Waals surface area contributed by atoms with E-state index in [0.717, 1.165) is 19.3 Å². The lowest BCUT2D eigenvalue weighted by Gasteiger charge is -2.27. The normalized spacial score (nSPS) is 21.8. The lowest BCUT2D eigenvalue weighted by Crippen LogP contribution is -2.42. The minimum absolute atomic E-state index is 0.00860. The van der Waals surface area contributed by atoms with Gasteiger partial charge >= 0.3 is 0 Å². The predicted octanol–water partition coefficient (Wildman–Crippen LogP) is 1.08. The lowest BCUT2D eigenvalue weighted by molar-refractivity contribution is -0.135. The Morgan fingerprint density at radius 3 is 2.81 bits per heavy atom. The van der Waals surface area contributed by atoms with Crippen molar-refractivity contribution in [2.75, 3.05) is 19.8 Å². The van der Waals surface area contributed by atoms with Gasteiger partial charge in [0.25, 0.3) is 0 Å². The number of hydrogen-bond acceptors (Lipinski definition) is 3. The molecule has 1 amide bonds. The average molecular weight is 229 g/mol. The van der Waals surface area contributed by atoms with Gasteiger partial charge in [-0.05, 0) is 31.1 Å². The van der Waals surface area contributed by atoms with E-state index in [1.165, 1.54) is 0 Å². The summed E-state index contributed by atoms with van der Waals surface area (Å²) >= 11 is 0. The third kappa shape index (κ3) is 4.49. The van der Waals surface area contributed by atoms with E-state index in [1.54, 1.807) is 0 Å². The second-order valence-corrected chi connectivity index (χ2v) is 5.21. The number of rotatable bonds is 5. The quantitative estimate of drug-likeness (QED) is 0.741. The summed E-state index contributed by atoms with van der Waals surface area (Å²) in [7, 11) is 0. The van der Waals surface area contributed by atoms with Gasteiger partial charge in [-0.3, -0.25) is 4.79 Å². The van der Waals surface area contributed by atoms with Crippen LogP contribution in [0, 0.1) is 5.41 Å². The van der Waals surface area contributed by atoms with Crippen molar-refractivity contribution in [2.45, 2.75) is 45.6 Å². The molecule has 0 spiro atoms. The number of ether oxygens (including phenoxy) is 1. The monoisotopic (exact) mass is 229 g/mol. The summed E-state index contributed by atoms with van der Waals surface area (Å²) in [6.45, 7) is 5.50. The fourth-order valence-corrected chi connectivity index (χ4v) is 1.78. The molecular weight excluding hydrogens is 206 g/mol. The molecule has 0 aromatic carbocycles. The molecule has 0 aromatic heterocycles. The Bertz CT molecular complexity index is 222. The number of hydrogen-bond donors (Lipinski definition) is 2. The topological polar surface area (TPSA) is 58.6 Å². The van der Waals surface area contributed by atoms with Crippen molar-refractivity contribution in [3.05, 3.63) is 0 Å². The first kappa shape index (κ1) is 13.5. The Kier molecular flexibility index (Phi) is 5.22. The Morgan fingerprint density at radius 2 is 2.25 bits per heavy atom. The molecule has 0 aromatic rings. The summed E-state index contributed by atoms with van der Waals surface area (Å²) in [6, 6.07) is 0. The van der Waals surface area contributed by atoms with E-state index in [2.05, 4.69) is 5.32 Å². The first-order valence-electron chi connectivity index (χ1n) is 6.05. The van der Waals surface area contributed by atoms with E-state index in [1.807, 2.05) is 13.8 Å². The van der Waals surface area contributed by atoms with Crippen molar-refractivity contribution in [3.8, 4) is 0 Å². The smallest absolute Gasteiger partial charge is 0.249 e. The van der Waals surface area contributed by atoms with Gasteiger partial charge in [0.1, 0.15) is 6.10 Å². The van der Waals surface area contributed by atoms with Gasteiger partial charge in [0.2, 0.25) is 5.91 Å². The molecule has 4 heteroatoms. The van der Waals surface area contributed by atoms with Gasteiger partial charge in [-0.2, -0.15) is 0 Å². The van der Waals surface area contributed by atoms with E-state index >= 15 is 0 Å². The lowest BCUT2D eigenvalue weighted by atomic mass is 9.89. The van der Waals surface area contributed by atoms with Gasteiger partial charge < -0.3 is 15.2 Å². The van der Waals surface area contributed by atoms with Gasteiger partial charge in [0.15, 0.2) is 0 Å². The third-order valence-electron chi connectivity index (χ3n) is 3.00. The number of carbonyl (C=O) groups is 1. The van der Waals surface area contributed by atoms with Crippen molar-refractivity contribution < 1.29 is 14.6 Å². The third-order valence-corrected chi connectivity index (χ3v) is 3.00. The molecule has 1 atom stereocenters. The molecule has 0 saturated carbocycles. The zero-order valence-electron chi connectivity index (χ0n) is 10.3. The maximum absolute atomic E-state index is 11.8. The molecule has 1 heterocycles. The number of aliphatic hydroxyl groups is 1. The van der Waals surface area contributed by atoms with Crippen LogP contribution in [0.4, 0.5) is 0 Å². The molecule has 1 rings (SSSR count). The van der Waals surface area contributed by atoms with Crippen LogP contribution in [0.15, 0.2) is 0 Å². The first-order chi connectivity index (χ1) is 7.55. The SMILES string of the molecule is CC(C)(CCO)CNC(=O)C1CCCCO1. The molecule has 0 radical (unpaired) electrons. The zero-order chi connectivity index (χ0) is 12.0. The van der Waals surface area contributed by atoms with Crippen LogP contribution >= 0.6 is 0 Å². The fraction of sp³-hybridized carbons (Fsp3) is 0.917. The van der Waals surface area contributed by atoms with Crippen LogP contribution in [-0.2, 0) is 9.53 Å². The van der Waals surface area contributed by atoms with Crippen LogP contribution in [0.2, 0.25) is 0 Å². The highest BCUT2D eigenvalue weighted by molar-refractivity contribution is 5.80. The Hall–Kier alpha value is -0.610. The summed E-state index contributed by atoms with van der Waals surface area (Å²) in [4.78, 5) is 11.8. The molecule has 4 nitrogen and oxygen atoms in total. The van der Waals surface area contributed by atoms with Gasteiger partial charge in [0, 0.05) is 19.8 Å². The highest BCUT2D eigenvalue weighted by Gasteiger charge is 2.24. The van der Waals surface area contributed by atoms with Crippen LogP contribution in [0.25, 0.3) is 0 Å². The van der Waals surface area contributed by atoms with E-state index in [-0.39, 0.29) is 24.0 Å².